The smallest absolute Gasteiger partial charge is 0.123 e. The van der Waals surface area contributed by atoms with E-state index in [0.717, 1.165) is 5.56 Å². The zero-order valence-corrected chi connectivity index (χ0v) is 8.50. The first-order valence-corrected chi connectivity index (χ1v) is 4.77. The normalized spacial score (nSPS) is 12.5. The second kappa shape index (κ2) is 4.76. The molecule has 1 atom stereocenters. The van der Waals surface area contributed by atoms with Crippen LogP contribution in [-0.4, -0.2) is 0 Å². The van der Waals surface area contributed by atoms with E-state index in [1.165, 1.54) is 12.1 Å². The summed E-state index contributed by atoms with van der Waals surface area (Å²) in [5.74, 6) is 0.0445. The van der Waals surface area contributed by atoms with Crippen LogP contribution in [0.3, 0.4) is 0 Å². The molecule has 0 N–H and O–H groups in total. The van der Waals surface area contributed by atoms with Gasteiger partial charge in [0.2, 0.25) is 0 Å². The Balaban J connectivity index is 2.73. The average molecular weight is 191 g/mol. The summed E-state index contributed by atoms with van der Waals surface area (Å²) in [5.41, 5.74) is 0.894. The molecule has 0 aliphatic carbocycles. The molecule has 0 aromatic heterocycles. The third-order valence-electron chi connectivity index (χ3n) is 2.32. The molecule has 0 amide bonds. The van der Waals surface area contributed by atoms with Gasteiger partial charge in [-0.15, -0.1) is 0 Å². The number of benzene rings is 1. The summed E-state index contributed by atoms with van der Waals surface area (Å²) < 4.78 is 12.8. The van der Waals surface area contributed by atoms with Gasteiger partial charge in [-0.3, -0.25) is 0 Å². The fourth-order valence-corrected chi connectivity index (χ4v) is 1.35. The van der Waals surface area contributed by atoms with E-state index in [0.29, 0.717) is 12.3 Å². The zero-order chi connectivity index (χ0) is 10.6. The lowest BCUT2D eigenvalue weighted by atomic mass is 9.91. The first-order chi connectivity index (χ1) is 6.63. The van der Waals surface area contributed by atoms with E-state index in [1.807, 2.05) is 19.9 Å². The van der Waals surface area contributed by atoms with Crippen LogP contribution in [0.1, 0.15) is 19.4 Å². The van der Waals surface area contributed by atoms with Gasteiger partial charge in [0.05, 0.1) is 12.0 Å². The highest BCUT2D eigenvalue weighted by molar-refractivity contribution is 5.18. The lowest BCUT2D eigenvalue weighted by Crippen LogP contribution is -2.09. The first kappa shape index (κ1) is 10.7. The van der Waals surface area contributed by atoms with Gasteiger partial charge < -0.3 is 0 Å². The van der Waals surface area contributed by atoms with Gasteiger partial charge in [-0.05, 0) is 30.0 Å². The van der Waals surface area contributed by atoms with Gasteiger partial charge in [0.15, 0.2) is 0 Å². The van der Waals surface area contributed by atoms with Crippen molar-refractivity contribution in [2.45, 2.75) is 20.3 Å². The number of nitriles is 1. The van der Waals surface area contributed by atoms with E-state index in [4.69, 9.17) is 5.26 Å². The minimum absolute atomic E-state index is 0.0307. The minimum Gasteiger partial charge on any atom is -0.207 e. The number of hydrogen-bond donors (Lipinski definition) is 0. The Morgan fingerprint density at radius 1 is 1.43 bits per heavy atom. The molecule has 0 radical (unpaired) electrons. The minimum atomic E-state index is -0.233. The van der Waals surface area contributed by atoms with Crippen molar-refractivity contribution >= 4 is 0 Å². The van der Waals surface area contributed by atoms with Crippen molar-refractivity contribution in [3.63, 3.8) is 0 Å². The predicted octanol–water partition coefficient (Wildman–Crippen LogP) is 3.16. The highest BCUT2D eigenvalue weighted by Gasteiger charge is 2.12. The Labute approximate surface area is 84.2 Å². The molecule has 0 saturated heterocycles. The Kier molecular flexibility index (Phi) is 3.64. The molecule has 0 heterocycles. The summed E-state index contributed by atoms with van der Waals surface area (Å²) in [6.45, 7) is 4.01. The van der Waals surface area contributed by atoms with Crippen LogP contribution >= 0.6 is 0 Å². The molecule has 0 spiro atoms. The largest absolute Gasteiger partial charge is 0.207 e. The number of rotatable bonds is 3. The predicted molar refractivity (Wildman–Crippen MR) is 54.0 cm³/mol. The highest BCUT2D eigenvalue weighted by Crippen LogP contribution is 2.16. The summed E-state index contributed by atoms with van der Waals surface area (Å²) in [7, 11) is 0. The van der Waals surface area contributed by atoms with Crippen LogP contribution in [0.4, 0.5) is 4.39 Å². The van der Waals surface area contributed by atoms with Gasteiger partial charge in [-0.25, -0.2) is 4.39 Å². The fourth-order valence-electron chi connectivity index (χ4n) is 1.35. The van der Waals surface area contributed by atoms with Crippen LogP contribution in [0, 0.1) is 29.0 Å². The molecule has 0 aliphatic rings. The highest BCUT2D eigenvalue weighted by atomic mass is 19.1. The molecule has 0 saturated carbocycles. The third-order valence-corrected chi connectivity index (χ3v) is 2.32. The molecular weight excluding hydrogens is 177 g/mol. The van der Waals surface area contributed by atoms with Crippen LogP contribution in [0.2, 0.25) is 0 Å². The lowest BCUT2D eigenvalue weighted by Gasteiger charge is -2.12. The van der Waals surface area contributed by atoms with E-state index in [2.05, 4.69) is 6.07 Å². The Morgan fingerprint density at radius 3 is 2.64 bits per heavy atom. The van der Waals surface area contributed by atoms with Crippen molar-refractivity contribution in [2.24, 2.45) is 11.8 Å². The summed E-state index contributed by atoms with van der Waals surface area (Å²) in [6, 6.07) is 8.69. The van der Waals surface area contributed by atoms with E-state index in [-0.39, 0.29) is 11.7 Å². The summed E-state index contributed by atoms with van der Waals surface area (Å²) >= 11 is 0. The lowest BCUT2D eigenvalue weighted by molar-refractivity contribution is 0.472. The molecule has 0 fully saturated rings. The summed E-state index contributed by atoms with van der Waals surface area (Å²) in [4.78, 5) is 0. The maximum absolute atomic E-state index is 12.8. The van der Waals surface area contributed by atoms with Gasteiger partial charge >= 0.3 is 0 Å². The maximum atomic E-state index is 12.8. The standard InChI is InChI=1S/C12H14FN/c1-9(2)11(8-14)6-10-4-3-5-12(13)7-10/h3-5,7,9,11H,6H2,1-2H3. The van der Waals surface area contributed by atoms with Crippen LogP contribution < -0.4 is 0 Å². The maximum Gasteiger partial charge on any atom is 0.123 e. The van der Waals surface area contributed by atoms with Crippen LogP contribution in [0.25, 0.3) is 0 Å². The first-order valence-electron chi connectivity index (χ1n) is 4.77. The van der Waals surface area contributed by atoms with Gasteiger partial charge in [-0.2, -0.15) is 5.26 Å². The molecule has 1 unspecified atom stereocenters. The number of nitrogens with zero attached hydrogens (tertiary/aromatic N) is 1. The molecular formula is C12H14FN. The average Bonchev–Trinajstić information content (AvgIpc) is 2.14. The second-order valence-corrected chi connectivity index (χ2v) is 3.81. The molecule has 14 heavy (non-hydrogen) atoms. The Hall–Kier alpha value is -1.36. The van der Waals surface area contributed by atoms with Gasteiger partial charge in [0.25, 0.3) is 0 Å². The quantitative estimate of drug-likeness (QED) is 0.720. The van der Waals surface area contributed by atoms with Crippen LogP contribution in [-0.2, 0) is 6.42 Å². The molecule has 1 aromatic rings. The van der Waals surface area contributed by atoms with Gasteiger partial charge in [0.1, 0.15) is 5.82 Å². The van der Waals surface area contributed by atoms with Crippen molar-refractivity contribution in [3.05, 3.63) is 35.6 Å². The molecule has 74 valence electrons. The van der Waals surface area contributed by atoms with Crippen molar-refractivity contribution < 1.29 is 4.39 Å². The topological polar surface area (TPSA) is 23.8 Å². The van der Waals surface area contributed by atoms with Crippen LogP contribution in [0.15, 0.2) is 24.3 Å². The van der Waals surface area contributed by atoms with E-state index < -0.39 is 0 Å². The molecule has 1 aromatic carbocycles. The summed E-state index contributed by atoms with van der Waals surface area (Å²) in [5, 5.41) is 8.88. The SMILES string of the molecule is CC(C)C(C#N)Cc1cccc(F)c1. The molecule has 1 nitrogen and oxygen atoms in total. The van der Waals surface area contributed by atoms with Crippen LogP contribution in [0.5, 0.6) is 0 Å². The zero-order valence-electron chi connectivity index (χ0n) is 8.50. The van der Waals surface area contributed by atoms with Crippen molar-refractivity contribution in [3.8, 4) is 6.07 Å². The van der Waals surface area contributed by atoms with E-state index >= 15 is 0 Å². The van der Waals surface area contributed by atoms with Crippen molar-refractivity contribution in [2.75, 3.05) is 0 Å². The molecule has 2 heteroatoms. The van der Waals surface area contributed by atoms with Crippen molar-refractivity contribution in [1.82, 2.24) is 0 Å². The number of halogens is 1. The van der Waals surface area contributed by atoms with E-state index in [9.17, 15) is 4.39 Å². The monoisotopic (exact) mass is 191 g/mol. The van der Waals surface area contributed by atoms with E-state index in [1.54, 1.807) is 6.07 Å². The summed E-state index contributed by atoms with van der Waals surface area (Å²) in [6.07, 6.45) is 0.631. The molecule has 0 bridgehead atoms. The van der Waals surface area contributed by atoms with Crippen molar-refractivity contribution in [1.29, 1.82) is 5.26 Å². The fraction of sp³-hybridized carbons (Fsp3) is 0.417. The molecule has 0 aliphatic heterocycles. The number of hydrogen-bond acceptors (Lipinski definition) is 1. The van der Waals surface area contributed by atoms with Gasteiger partial charge in [-0.1, -0.05) is 26.0 Å². The second-order valence-electron chi connectivity index (χ2n) is 3.81. The Morgan fingerprint density at radius 2 is 2.14 bits per heavy atom. The third kappa shape index (κ3) is 2.85. The van der Waals surface area contributed by atoms with Gasteiger partial charge in [0, 0.05) is 0 Å². The molecule has 1 rings (SSSR count). The Bertz CT molecular complexity index is 338.